The number of nitrogens with zero attached hydrogens (tertiary/aromatic N) is 3. The number of hydrogen-bond donors (Lipinski definition) is 4. The van der Waals surface area contributed by atoms with E-state index in [0.717, 1.165) is 42.0 Å². The number of aromatic nitrogens is 2. The van der Waals surface area contributed by atoms with Crippen LogP contribution in [0.1, 0.15) is 25.0 Å². The average molecular weight is 470 g/mol. The molecule has 1 unspecified atom stereocenters. The zero-order valence-corrected chi connectivity index (χ0v) is 18.3. The Balaban J connectivity index is 0.000000350. The molecule has 1 aliphatic heterocycles. The fourth-order valence-corrected chi connectivity index (χ4v) is 3.66. The second-order valence-electron chi connectivity index (χ2n) is 7.64. The average Bonchev–Trinajstić information content (AvgIpc) is 3.35. The summed E-state index contributed by atoms with van der Waals surface area (Å²) in [4.78, 5) is 36.6. The number of anilines is 1. The highest BCUT2D eigenvalue weighted by atomic mass is 16.4. The van der Waals surface area contributed by atoms with Crippen LogP contribution in [0.3, 0.4) is 0 Å². The van der Waals surface area contributed by atoms with Crippen LogP contribution in [0.15, 0.2) is 59.2 Å². The van der Waals surface area contributed by atoms with Gasteiger partial charge in [0.25, 0.3) is 0 Å². The molecule has 0 spiro atoms. The van der Waals surface area contributed by atoms with Gasteiger partial charge in [0, 0.05) is 31.3 Å². The molecule has 34 heavy (non-hydrogen) atoms. The lowest BCUT2D eigenvalue weighted by Crippen LogP contribution is -2.31. The molecule has 2 aromatic heterocycles. The van der Waals surface area contributed by atoms with Gasteiger partial charge < -0.3 is 34.5 Å². The standard InChI is InChI=1S/C19H22N4O3.C4H4O4/c24-19(25)22-10-3-5-14(9-11-22)20-18-21-16-7-1-2-8-17(16)23(18)13-15-6-4-12-26-15;5-3(6)1-2-4(7)8/h1-2,4,6-8,12,14H,3,5,9-11,13H2,(H,20,21)(H,24,25);1-2H,(H,5,6)(H,7,8)/b;2-1+. The third kappa shape index (κ3) is 6.86. The lowest BCUT2D eigenvalue weighted by Gasteiger charge is -2.19. The molecule has 3 heterocycles. The van der Waals surface area contributed by atoms with Gasteiger partial charge in [-0.2, -0.15) is 0 Å². The maximum absolute atomic E-state index is 11.2. The van der Waals surface area contributed by atoms with E-state index in [2.05, 4.69) is 16.0 Å². The Kier molecular flexibility index (Phi) is 8.27. The fourth-order valence-electron chi connectivity index (χ4n) is 3.66. The van der Waals surface area contributed by atoms with Crippen LogP contribution in [0, 0.1) is 0 Å². The van der Waals surface area contributed by atoms with E-state index in [4.69, 9.17) is 19.6 Å². The monoisotopic (exact) mass is 470 g/mol. The van der Waals surface area contributed by atoms with E-state index in [1.54, 1.807) is 6.26 Å². The lowest BCUT2D eigenvalue weighted by atomic mass is 10.1. The highest BCUT2D eigenvalue weighted by molar-refractivity contribution is 5.89. The van der Waals surface area contributed by atoms with E-state index in [-0.39, 0.29) is 6.04 Å². The second-order valence-corrected chi connectivity index (χ2v) is 7.64. The van der Waals surface area contributed by atoms with Gasteiger partial charge in [0.05, 0.1) is 23.8 Å². The van der Waals surface area contributed by atoms with Crippen molar-refractivity contribution < 1.29 is 34.1 Å². The third-order valence-corrected chi connectivity index (χ3v) is 5.25. The van der Waals surface area contributed by atoms with Gasteiger partial charge in [-0.3, -0.25) is 0 Å². The van der Waals surface area contributed by atoms with E-state index in [0.29, 0.717) is 31.8 Å². The minimum Gasteiger partial charge on any atom is -0.478 e. The molecule has 1 saturated heterocycles. The number of carbonyl (C=O) groups is 3. The Hall–Kier alpha value is -4.28. The highest BCUT2D eigenvalue weighted by Gasteiger charge is 2.22. The predicted molar refractivity (Wildman–Crippen MR) is 123 cm³/mol. The summed E-state index contributed by atoms with van der Waals surface area (Å²) in [6, 6.07) is 12.1. The number of furan rings is 1. The van der Waals surface area contributed by atoms with Crippen molar-refractivity contribution in [1.29, 1.82) is 0 Å². The van der Waals surface area contributed by atoms with Crippen LogP contribution >= 0.6 is 0 Å². The van der Waals surface area contributed by atoms with E-state index < -0.39 is 18.0 Å². The van der Waals surface area contributed by atoms with Gasteiger partial charge in [-0.15, -0.1) is 0 Å². The molecule has 11 heteroatoms. The maximum Gasteiger partial charge on any atom is 0.407 e. The van der Waals surface area contributed by atoms with Crippen molar-refractivity contribution in [3.63, 3.8) is 0 Å². The number of fused-ring (bicyclic) bond motifs is 1. The third-order valence-electron chi connectivity index (χ3n) is 5.25. The fraction of sp³-hybridized carbons (Fsp3) is 0.304. The summed E-state index contributed by atoms with van der Waals surface area (Å²) in [5.74, 6) is -0.842. The summed E-state index contributed by atoms with van der Waals surface area (Å²) in [6.45, 7) is 1.74. The van der Waals surface area contributed by atoms with Crippen molar-refractivity contribution in [2.75, 3.05) is 18.4 Å². The summed E-state index contributed by atoms with van der Waals surface area (Å²) >= 11 is 0. The number of benzene rings is 1. The van der Waals surface area contributed by atoms with Crippen molar-refractivity contribution in [2.24, 2.45) is 0 Å². The van der Waals surface area contributed by atoms with Crippen LogP contribution in [0.25, 0.3) is 11.0 Å². The molecular formula is C23H26N4O7. The van der Waals surface area contributed by atoms with Crippen molar-refractivity contribution in [1.82, 2.24) is 14.5 Å². The van der Waals surface area contributed by atoms with Crippen molar-refractivity contribution in [3.05, 3.63) is 60.6 Å². The summed E-state index contributed by atoms with van der Waals surface area (Å²) in [5.41, 5.74) is 1.98. The SMILES string of the molecule is O=C(O)/C=C/C(=O)O.O=C(O)N1CCCC(Nc2nc3ccccc3n2Cc2ccco2)CC1. The van der Waals surface area contributed by atoms with Crippen LogP contribution in [-0.4, -0.2) is 66.9 Å². The molecule has 180 valence electrons. The molecule has 1 aromatic carbocycles. The number of hydrogen-bond acceptors (Lipinski definition) is 6. The number of amides is 1. The van der Waals surface area contributed by atoms with E-state index >= 15 is 0 Å². The Labute approximate surface area is 194 Å². The van der Waals surface area contributed by atoms with Crippen LogP contribution < -0.4 is 5.32 Å². The Morgan fingerprint density at radius 2 is 1.76 bits per heavy atom. The molecule has 1 aliphatic rings. The Bertz CT molecular complexity index is 1140. The van der Waals surface area contributed by atoms with E-state index in [1.165, 1.54) is 4.90 Å². The molecule has 1 atom stereocenters. The van der Waals surface area contributed by atoms with Crippen LogP contribution in [0.2, 0.25) is 0 Å². The lowest BCUT2D eigenvalue weighted by molar-refractivity contribution is -0.134. The van der Waals surface area contributed by atoms with E-state index in [9.17, 15) is 19.5 Å². The molecule has 3 aromatic rings. The zero-order valence-electron chi connectivity index (χ0n) is 18.3. The van der Waals surface area contributed by atoms with Gasteiger partial charge >= 0.3 is 18.0 Å². The largest absolute Gasteiger partial charge is 0.478 e. The summed E-state index contributed by atoms with van der Waals surface area (Å²) in [5, 5.41) is 28.4. The summed E-state index contributed by atoms with van der Waals surface area (Å²) in [6.07, 6.45) is 4.50. The van der Waals surface area contributed by atoms with Crippen molar-refractivity contribution in [3.8, 4) is 0 Å². The molecule has 4 rings (SSSR count). The number of aliphatic carboxylic acids is 2. The predicted octanol–water partition coefficient (Wildman–Crippen LogP) is 3.33. The van der Waals surface area contributed by atoms with Crippen LogP contribution in [-0.2, 0) is 16.1 Å². The number of imidazole rings is 1. The summed E-state index contributed by atoms with van der Waals surface area (Å²) < 4.78 is 7.63. The smallest absolute Gasteiger partial charge is 0.407 e. The van der Waals surface area contributed by atoms with Crippen molar-refractivity contribution in [2.45, 2.75) is 31.8 Å². The topological polar surface area (TPSA) is 158 Å². The quantitative estimate of drug-likeness (QED) is 0.396. The van der Waals surface area contributed by atoms with Gasteiger partial charge in [-0.1, -0.05) is 12.1 Å². The molecule has 0 bridgehead atoms. The normalized spacial score (nSPS) is 16.0. The number of likely N-dealkylation sites (tertiary alicyclic amines) is 1. The number of rotatable bonds is 6. The first-order valence-electron chi connectivity index (χ1n) is 10.7. The molecule has 4 N–H and O–H groups in total. The second kappa shape index (κ2) is 11.5. The Morgan fingerprint density at radius 1 is 1.03 bits per heavy atom. The molecule has 0 saturated carbocycles. The highest BCUT2D eigenvalue weighted by Crippen LogP contribution is 2.24. The number of carboxylic acid groups (broad SMARTS) is 3. The first kappa shape index (κ1) is 24.4. The van der Waals surface area contributed by atoms with Crippen LogP contribution in [0.5, 0.6) is 0 Å². The van der Waals surface area contributed by atoms with Gasteiger partial charge in [0.15, 0.2) is 0 Å². The van der Waals surface area contributed by atoms with Crippen molar-refractivity contribution >= 4 is 35.0 Å². The van der Waals surface area contributed by atoms with Crippen LogP contribution in [0.4, 0.5) is 10.7 Å². The maximum atomic E-state index is 11.2. The molecule has 11 nitrogen and oxygen atoms in total. The minimum atomic E-state index is -1.26. The summed E-state index contributed by atoms with van der Waals surface area (Å²) in [7, 11) is 0. The molecule has 1 fully saturated rings. The number of nitrogens with one attached hydrogen (secondary N) is 1. The molecule has 1 amide bonds. The zero-order chi connectivity index (χ0) is 24.5. The van der Waals surface area contributed by atoms with Gasteiger partial charge in [-0.05, 0) is 43.5 Å². The molecule has 0 radical (unpaired) electrons. The van der Waals surface area contributed by atoms with E-state index in [1.807, 2.05) is 30.3 Å². The molecule has 0 aliphatic carbocycles. The van der Waals surface area contributed by atoms with Gasteiger partial charge in [0.1, 0.15) is 5.76 Å². The van der Waals surface area contributed by atoms with Gasteiger partial charge in [-0.25, -0.2) is 19.4 Å². The first-order chi connectivity index (χ1) is 16.3. The number of carboxylic acids is 2. The Morgan fingerprint density at radius 3 is 2.41 bits per heavy atom. The molecular weight excluding hydrogens is 444 g/mol. The van der Waals surface area contributed by atoms with Gasteiger partial charge in [0.2, 0.25) is 5.95 Å². The minimum absolute atomic E-state index is 0.200. The number of para-hydroxylation sites is 2. The first-order valence-corrected chi connectivity index (χ1v) is 10.7.